The summed E-state index contributed by atoms with van der Waals surface area (Å²) in [5, 5.41) is 0. The molecule has 0 aromatic heterocycles. The van der Waals surface area contributed by atoms with Crippen molar-refractivity contribution in [1.82, 2.24) is 0 Å². The minimum absolute atomic E-state index is 0.281. The highest BCUT2D eigenvalue weighted by Crippen LogP contribution is 2.33. The molecule has 3 heteroatoms. The second kappa shape index (κ2) is 10.4. The number of hydrogen-bond acceptors (Lipinski definition) is 3. The van der Waals surface area contributed by atoms with Crippen LogP contribution in [0.15, 0.2) is 78.9 Å². The van der Waals surface area contributed by atoms with Gasteiger partial charge in [0.25, 0.3) is 0 Å². The number of hydrogen-bond donors (Lipinski definition) is 0. The third kappa shape index (κ3) is 5.62. The molecule has 0 bridgehead atoms. The molecule has 3 nitrogen and oxygen atoms in total. The number of carbonyl (C=O) groups excluding carboxylic acids is 1. The molecule has 0 amide bonds. The first kappa shape index (κ1) is 21.3. The smallest absolute Gasteiger partial charge is 0.337 e. The molecule has 1 saturated carbocycles. The maximum atomic E-state index is 11.6. The summed E-state index contributed by atoms with van der Waals surface area (Å²) >= 11 is 0. The lowest BCUT2D eigenvalue weighted by molar-refractivity contribution is 0.0429. The average Bonchev–Trinajstić information content (AvgIpc) is 3.30. The van der Waals surface area contributed by atoms with E-state index < -0.39 is 0 Å². The summed E-state index contributed by atoms with van der Waals surface area (Å²) in [6.45, 7) is 0.664. The molecule has 1 aliphatic carbocycles. The summed E-state index contributed by atoms with van der Waals surface area (Å²) in [7, 11) is 1.41. The highest BCUT2D eigenvalue weighted by atomic mass is 16.5. The van der Waals surface area contributed by atoms with Crippen LogP contribution in [0.1, 0.15) is 47.2 Å². The van der Waals surface area contributed by atoms with Crippen molar-refractivity contribution in [2.24, 2.45) is 5.92 Å². The zero-order valence-corrected chi connectivity index (χ0v) is 18.1. The van der Waals surface area contributed by atoms with Gasteiger partial charge < -0.3 is 9.47 Å². The van der Waals surface area contributed by atoms with Crippen molar-refractivity contribution >= 4 is 5.97 Å². The predicted octanol–water partition coefficient (Wildman–Crippen LogP) is 6.46. The molecule has 0 heterocycles. The van der Waals surface area contributed by atoms with Crippen LogP contribution in [0.3, 0.4) is 0 Å². The SMILES string of the molecule is COC(=O)c1ccc(CC[C@H]2CCC(OCc3ccccc3-c3ccccc3)C2)cc1. The number of ether oxygens (including phenoxy) is 2. The van der Waals surface area contributed by atoms with E-state index in [0.717, 1.165) is 25.7 Å². The van der Waals surface area contributed by atoms with E-state index in [1.807, 2.05) is 24.3 Å². The molecule has 1 aliphatic rings. The van der Waals surface area contributed by atoms with Crippen molar-refractivity contribution < 1.29 is 14.3 Å². The molecule has 4 rings (SSSR count). The van der Waals surface area contributed by atoms with Crippen LogP contribution in [0.4, 0.5) is 0 Å². The standard InChI is InChI=1S/C28H30O3/c1-30-28(29)24-16-13-21(14-17-24)11-12-22-15-18-26(19-22)31-20-25-9-5-6-10-27(25)23-7-3-2-4-8-23/h2-10,13-14,16-17,22,26H,11-12,15,18-20H2,1H3/t22-,26?/m0/s1. The van der Waals surface area contributed by atoms with Crippen LogP contribution < -0.4 is 0 Å². The summed E-state index contributed by atoms with van der Waals surface area (Å²) in [6.07, 6.45) is 6.04. The molecule has 0 aliphatic heterocycles. The summed E-state index contributed by atoms with van der Waals surface area (Å²) in [5.74, 6) is 0.422. The Morgan fingerprint density at radius 3 is 2.42 bits per heavy atom. The van der Waals surface area contributed by atoms with E-state index in [4.69, 9.17) is 9.47 Å². The normalized spacial score (nSPS) is 18.1. The van der Waals surface area contributed by atoms with E-state index in [1.165, 1.54) is 35.8 Å². The molecule has 0 spiro atoms. The van der Waals surface area contributed by atoms with Crippen LogP contribution in [-0.4, -0.2) is 19.2 Å². The van der Waals surface area contributed by atoms with Crippen molar-refractivity contribution in [2.75, 3.05) is 7.11 Å². The molecule has 0 radical (unpaired) electrons. The topological polar surface area (TPSA) is 35.5 Å². The van der Waals surface area contributed by atoms with Gasteiger partial charge in [-0.25, -0.2) is 4.79 Å². The van der Waals surface area contributed by atoms with Gasteiger partial charge in [-0.15, -0.1) is 0 Å². The van der Waals surface area contributed by atoms with Crippen LogP contribution >= 0.6 is 0 Å². The molecule has 1 fully saturated rings. The predicted molar refractivity (Wildman–Crippen MR) is 124 cm³/mol. The number of carbonyl (C=O) groups is 1. The maximum Gasteiger partial charge on any atom is 0.337 e. The first-order chi connectivity index (χ1) is 15.2. The van der Waals surface area contributed by atoms with Gasteiger partial charge in [-0.3, -0.25) is 0 Å². The van der Waals surface area contributed by atoms with Crippen molar-refractivity contribution in [3.8, 4) is 11.1 Å². The second-order valence-corrected chi connectivity index (χ2v) is 8.36. The van der Waals surface area contributed by atoms with Crippen molar-refractivity contribution in [3.63, 3.8) is 0 Å². The van der Waals surface area contributed by atoms with Gasteiger partial charge in [-0.05, 0) is 72.4 Å². The van der Waals surface area contributed by atoms with Gasteiger partial charge in [-0.2, -0.15) is 0 Å². The van der Waals surface area contributed by atoms with Gasteiger partial charge in [-0.1, -0.05) is 66.7 Å². The number of benzene rings is 3. The summed E-state index contributed by atoms with van der Waals surface area (Å²) < 4.78 is 11.1. The number of aryl methyl sites for hydroxylation is 1. The zero-order valence-electron chi connectivity index (χ0n) is 18.1. The van der Waals surface area contributed by atoms with Crippen molar-refractivity contribution in [3.05, 3.63) is 95.6 Å². The minimum Gasteiger partial charge on any atom is -0.465 e. The summed E-state index contributed by atoms with van der Waals surface area (Å²) in [5.41, 5.74) is 5.63. The van der Waals surface area contributed by atoms with Gasteiger partial charge in [0.05, 0.1) is 25.4 Å². The highest BCUT2D eigenvalue weighted by molar-refractivity contribution is 5.89. The molecule has 0 N–H and O–H groups in total. The molecule has 160 valence electrons. The van der Waals surface area contributed by atoms with Crippen LogP contribution in [0, 0.1) is 5.92 Å². The van der Waals surface area contributed by atoms with Gasteiger partial charge in [0.1, 0.15) is 0 Å². The first-order valence-corrected chi connectivity index (χ1v) is 11.1. The maximum absolute atomic E-state index is 11.6. The molecular formula is C28H30O3. The van der Waals surface area contributed by atoms with Gasteiger partial charge in [0.2, 0.25) is 0 Å². The monoisotopic (exact) mass is 414 g/mol. The van der Waals surface area contributed by atoms with Crippen LogP contribution in [0.2, 0.25) is 0 Å². The molecule has 1 unspecified atom stereocenters. The lowest BCUT2D eigenvalue weighted by atomic mass is 9.97. The number of rotatable bonds is 8. The third-order valence-electron chi connectivity index (χ3n) is 6.29. The van der Waals surface area contributed by atoms with E-state index in [1.54, 1.807) is 0 Å². The quantitative estimate of drug-likeness (QED) is 0.397. The van der Waals surface area contributed by atoms with Crippen LogP contribution in [-0.2, 0) is 22.5 Å². The third-order valence-corrected chi connectivity index (χ3v) is 6.29. The number of esters is 1. The van der Waals surface area contributed by atoms with Crippen LogP contribution in [0.25, 0.3) is 11.1 Å². The first-order valence-electron chi connectivity index (χ1n) is 11.1. The fourth-order valence-electron chi connectivity index (χ4n) is 4.49. The fraction of sp³-hybridized carbons (Fsp3) is 0.321. The molecule has 2 atom stereocenters. The molecular weight excluding hydrogens is 384 g/mol. The highest BCUT2D eigenvalue weighted by Gasteiger charge is 2.25. The summed E-state index contributed by atoms with van der Waals surface area (Å²) in [4.78, 5) is 11.6. The minimum atomic E-state index is -0.281. The zero-order chi connectivity index (χ0) is 21.5. The van der Waals surface area contributed by atoms with E-state index in [2.05, 4.69) is 54.6 Å². The van der Waals surface area contributed by atoms with E-state index in [9.17, 15) is 4.79 Å². The Hall–Kier alpha value is -2.91. The van der Waals surface area contributed by atoms with Crippen molar-refractivity contribution in [2.45, 2.75) is 44.8 Å². The van der Waals surface area contributed by atoms with Crippen molar-refractivity contribution in [1.29, 1.82) is 0 Å². The Labute approximate surface area is 185 Å². The molecule has 0 saturated heterocycles. The Kier molecular flexibility index (Phi) is 7.16. The Morgan fingerprint density at radius 1 is 0.903 bits per heavy atom. The lowest BCUT2D eigenvalue weighted by Gasteiger charge is -2.15. The lowest BCUT2D eigenvalue weighted by Crippen LogP contribution is -2.09. The Bertz CT molecular complexity index is 979. The van der Waals surface area contributed by atoms with Crippen LogP contribution in [0.5, 0.6) is 0 Å². The molecule has 31 heavy (non-hydrogen) atoms. The second-order valence-electron chi connectivity index (χ2n) is 8.36. The van der Waals surface area contributed by atoms with E-state index in [0.29, 0.717) is 24.2 Å². The fourth-order valence-corrected chi connectivity index (χ4v) is 4.49. The van der Waals surface area contributed by atoms with Gasteiger partial charge >= 0.3 is 5.97 Å². The Balaban J connectivity index is 1.26. The Morgan fingerprint density at radius 2 is 1.65 bits per heavy atom. The average molecular weight is 415 g/mol. The van der Waals surface area contributed by atoms with Gasteiger partial charge in [0.15, 0.2) is 0 Å². The van der Waals surface area contributed by atoms with E-state index >= 15 is 0 Å². The van der Waals surface area contributed by atoms with Gasteiger partial charge in [0, 0.05) is 0 Å². The summed E-state index contributed by atoms with van der Waals surface area (Å²) in [6, 6.07) is 26.8. The molecule has 3 aromatic rings. The van der Waals surface area contributed by atoms with E-state index in [-0.39, 0.29) is 5.97 Å². The number of methoxy groups -OCH3 is 1. The molecule has 3 aromatic carbocycles. The largest absolute Gasteiger partial charge is 0.465 e.